The number of rotatable bonds is 5. The van der Waals surface area contributed by atoms with Crippen molar-refractivity contribution in [2.24, 2.45) is 0 Å². The van der Waals surface area contributed by atoms with Crippen LogP contribution in [0.25, 0.3) is 11.1 Å². The number of carbonyl (C=O) groups excluding carboxylic acids is 2. The first-order valence-corrected chi connectivity index (χ1v) is 9.46. The Morgan fingerprint density at radius 1 is 1.24 bits per heavy atom. The molecular weight excluding hydrogens is 392 g/mol. The van der Waals surface area contributed by atoms with Crippen molar-refractivity contribution in [1.82, 2.24) is 9.78 Å². The number of hydrogen-bond donors (Lipinski definition) is 2. The zero-order valence-corrected chi connectivity index (χ0v) is 16.4. The second kappa shape index (κ2) is 8.06. The number of halogens is 1. The first-order valence-electron chi connectivity index (χ1n) is 9.09. The molecule has 148 valence electrons. The molecule has 29 heavy (non-hydrogen) atoms. The maximum absolute atomic E-state index is 13.0. The van der Waals surface area contributed by atoms with Gasteiger partial charge in [-0.05, 0) is 29.8 Å². The molecule has 0 saturated heterocycles. The first-order chi connectivity index (χ1) is 14.1. The minimum absolute atomic E-state index is 0.00520. The van der Waals surface area contributed by atoms with E-state index >= 15 is 0 Å². The van der Waals surface area contributed by atoms with E-state index in [1.165, 1.54) is 0 Å². The second-order valence-electron chi connectivity index (χ2n) is 6.68. The fourth-order valence-electron chi connectivity index (χ4n) is 3.38. The van der Waals surface area contributed by atoms with Gasteiger partial charge >= 0.3 is 0 Å². The van der Waals surface area contributed by atoms with E-state index < -0.39 is 6.04 Å². The molecule has 8 heteroatoms. The van der Waals surface area contributed by atoms with Crippen LogP contribution in [0, 0.1) is 0 Å². The van der Waals surface area contributed by atoms with E-state index in [-0.39, 0.29) is 24.8 Å². The number of carbonyl (C=O) groups is 2. The smallest absolute Gasteiger partial charge is 0.249 e. The molecule has 1 aliphatic heterocycles. The molecule has 0 spiro atoms. The summed E-state index contributed by atoms with van der Waals surface area (Å²) in [7, 11) is 1.58. The standard InChI is InChI=1S/C21H19ClN4O3/c1-29-12-16-19(13-5-3-2-4-6-13)20-24-18(27)11-17(26(20)25-16)21(28)23-15-9-7-14(22)8-10-15/h2-10,17H,11-12H2,1H3,(H,23,28)(H,24,27)/t17-/m0/s1. The Morgan fingerprint density at radius 3 is 2.66 bits per heavy atom. The molecule has 1 aliphatic rings. The molecule has 0 saturated carbocycles. The molecule has 0 aliphatic carbocycles. The number of amides is 2. The third-order valence-corrected chi connectivity index (χ3v) is 4.92. The third kappa shape index (κ3) is 3.87. The summed E-state index contributed by atoms with van der Waals surface area (Å²) in [5, 5.41) is 10.9. The van der Waals surface area contributed by atoms with Crippen molar-refractivity contribution < 1.29 is 14.3 Å². The molecule has 4 rings (SSSR count). The highest BCUT2D eigenvalue weighted by molar-refractivity contribution is 6.30. The highest BCUT2D eigenvalue weighted by Crippen LogP contribution is 2.37. The molecule has 7 nitrogen and oxygen atoms in total. The molecule has 0 unspecified atom stereocenters. The Labute approximate surface area is 172 Å². The average molecular weight is 411 g/mol. The largest absolute Gasteiger partial charge is 0.378 e. The number of nitrogens with zero attached hydrogens (tertiary/aromatic N) is 2. The minimum atomic E-state index is -0.775. The van der Waals surface area contributed by atoms with Crippen LogP contribution in [0.5, 0.6) is 0 Å². The third-order valence-electron chi connectivity index (χ3n) is 4.67. The van der Waals surface area contributed by atoms with Crippen LogP contribution in [-0.4, -0.2) is 28.7 Å². The molecule has 3 aromatic rings. The van der Waals surface area contributed by atoms with Gasteiger partial charge in [0, 0.05) is 23.4 Å². The number of hydrogen-bond acceptors (Lipinski definition) is 4. The molecule has 0 radical (unpaired) electrons. The van der Waals surface area contributed by atoms with E-state index in [1.54, 1.807) is 36.1 Å². The second-order valence-corrected chi connectivity index (χ2v) is 7.11. The predicted octanol–water partition coefficient (Wildman–Crippen LogP) is 3.87. The fourth-order valence-corrected chi connectivity index (χ4v) is 3.51. The highest BCUT2D eigenvalue weighted by atomic mass is 35.5. The van der Waals surface area contributed by atoms with Gasteiger partial charge in [-0.3, -0.25) is 9.59 Å². The molecule has 0 fully saturated rings. The van der Waals surface area contributed by atoms with Crippen LogP contribution in [0.4, 0.5) is 11.5 Å². The SMILES string of the molecule is COCc1nn2c(c1-c1ccccc1)NC(=O)C[C@H]2C(=O)Nc1ccc(Cl)cc1. The molecule has 1 aromatic heterocycles. The van der Waals surface area contributed by atoms with Gasteiger partial charge in [-0.25, -0.2) is 4.68 Å². The van der Waals surface area contributed by atoms with Crippen molar-refractivity contribution in [2.75, 3.05) is 17.7 Å². The Balaban J connectivity index is 1.73. The molecule has 2 aromatic carbocycles. The summed E-state index contributed by atoms with van der Waals surface area (Å²) >= 11 is 5.90. The molecule has 2 heterocycles. The fraction of sp³-hybridized carbons (Fsp3) is 0.190. The zero-order valence-electron chi connectivity index (χ0n) is 15.7. The molecule has 2 N–H and O–H groups in total. The van der Waals surface area contributed by atoms with Crippen molar-refractivity contribution in [3.8, 4) is 11.1 Å². The predicted molar refractivity (Wildman–Crippen MR) is 111 cm³/mol. The lowest BCUT2D eigenvalue weighted by Gasteiger charge is -2.24. The maximum Gasteiger partial charge on any atom is 0.249 e. The van der Waals surface area contributed by atoms with Crippen molar-refractivity contribution in [3.63, 3.8) is 0 Å². The van der Waals surface area contributed by atoms with Gasteiger partial charge in [-0.15, -0.1) is 0 Å². The van der Waals surface area contributed by atoms with E-state index in [2.05, 4.69) is 15.7 Å². The summed E-state index contributed by atoms with van der Waals surface area (Å²) in [4.78, 5) is 25.4. The van der Waals surface area contributed by atoms with Crippen molar-refractivity contribution in [1.29, 1.82) is 0 Å². The normalized spacial score (nSPS) is 15.5. The minimum Gasteiger partial charge on any atom is -0.378 e. The van der Waals surface area contributed by atoms with Crippen LogP contribution in [0.15, 0.2) is 54.6 Å². The van der Waals surface area contributed by atoms with Gasteiger partial charge in [-0.2, -0.15) is 5.10 Å². The van der Waals surface area contributed by atoms with Crippen LogP contribution in [0.2, 0.25) is 5.02 Å². The van der Waals surface area contributed by atoms with Crippen LogP contribution >= 0.6 is 11.6 Å². The Kier molecular flexibility index (Phi) is 5.33. The number of nitrogens with one attached hydrogen (secondary N) is 2. The van der Waals surface area contributed by atoms with Crippen LogP contribution in [0.3, 0.4) is 0 Å². The van der Waals surface area contributed by atoms with Gasteiger partial charge in [0.05, 0.1) is 18.7 Å². The Bertz CT molecular complexity index is 1050. The summed E-state index contributed by atoms with van der Waals surface area (Å²) < 4.78 is 6.87. The number of fused-ring (bicyclic) bond motifs is 1. The molecule has 0 bridgehead atoms. The molecular formula is C21H19ClN4O3. The summed E-state index contributed by atoms with van der Waals surface area (Å²) in [6.07, 6.45) is -0.00520. The lowest BCUT2D eigenvalue weighted by atomic mass is 10.0. The van der Waals surface area contributed by atoms with E-state index in [0.717, 1.165) is 11.1 Å². The van der Waals surface area contributed by atoms with Crippen molar-refractivity contribution >= 4 is 34.9 Å². The Morgan fingerprint density at radius 2 is 1.97 bits per heavy atom. The number of ether oxygens (including phenoxy) is 1. The van der Waals surface area contributed by atoms with Gasteiger partial charge in [0.2, 0.25) is 11.8 Å². The average Bonchev–Trinajstić information content (AvgIpc) is 3.07. The first kappa shape index (κ1) is 19.2. The zero-order chi connectivity index (χ0) is 20.4. The van der Waals surface area contributed by atoms with Gasteiger partial charge in [0.1, 0.15) is 11.9 Å². The maximum atomic E-state index is 13.0. The van der Waals surface area contributed by atoms with Crippen molar-refractivity contribution in [2.45, 2.75) is 19.1 Å². The number of methoxy groups -OCH3 is 1. The summed E-state index contributed by atoms with van der Waals surface area (Å²) in [6, 6.07) is 15.6. The van der Waals surface area contributed by atoms with Gasteiger partial charge in [-0.1, -0.05) is 41.9 Å². The van der Waals surface area contributed by atoms with Gasteiger partial charge in [0.25, 0.3) is 0 Å². The summed E-state index contributed by atoms with van der Waals surface area (Å²) in [5.74, 6) is -0.0694. The molecule has 2 amide bonds. The number of aromatic nitrogens is 2. The lowest BCUT2D eigenvalue weighted by molar-refractivity contribution is -0.125. The number of anilines is 2. The lowest BCUT2D eigenvalue weighted by Crippen LogP contribution is -2.35. The van der Waals surface area contributed by atoms with Crippen LogP contribution in [0.1, 0.15) is 18.2 Å². The van der Waals surface area contributed by atoms with Gasteiger partial charge < -0.3 is 15.4 Å². The van der Waals surface area contributed by atoms with E-state index in [9.17, 15) is 9.59 Å². The quantitative estimate of drug-likeness (QED) is 0.668. The van der Waals surface area contributed by atoms with E-state index in [4.69, 9.17) is 16.3 Å². The van der Waals surface area contributed by atoms with E-state index in [1.807, 2.05) is 30.3 Å². The monoisotopic (exact) mass is 410 g/mol. The van der Waals surface area contributed by atoms with Gasteiger partial charge in [0.15, 0.2) is 0 Å². The van der Waals surface area contributed by atoms with E-state index in [0.29, 0.717) is 22.2 Å². The summed E-state index contributed by atoms with van der Waals surface area (Å²) in [6.45, 7) is 0.256. The highest BCUT2D eigenvalue weighted by Gasteiger charge is 2.35. The molecule has 1 atom stereocenters. The van der Waals surface area contributed by atoms with Crippen LogP contribution < -0.4 is 10.6 Å². The van der Waals surface area contributed by atoms with Crippen molar-refractivity contribution in [3.05, 3.63) is 65.3 Å². The number of benzene rings is 2. The topological polar surface area (TPSA) is 85.2 Å². The Hall–Kier alpha value is -3.16. The van der Waals surface area contributed by atoms with Crippen LogP contribution in [-0.2, 0) is 20.9 Å². The summed E-state index contributed by atoms with van der Waals surface area (Å²) in [5.41, 5.74) is 2.89.